The number of halogens is 2. The van der Waals surface area contributed by atoms with Gasteiger partial charge in [0.2, 0.25) is 11.8 Å². The molecule has 0 unspecified atom stereocenters. The minimum absolute atomic E-state index is 0.0383. The second-order valence-corrected chi connectivity index (χ2v) is 8.61. The van der Waals surface area contributed by atoms with E-state index in [9.17, 15) is 18.4 Å². The van der Waals surface area contributed by atoms with Crippen molar-refractivity contribution in [3.05, 3.63) is 0 Å². The van der Waals surface area contributed by atoms with Gasteiger partial charge in [-0.15, -0.1) is 0 Å². The van der Waals surface area contributed by atoms with Gasteiger partial charge in [0.1, 0.15) is 0 Å². The Labute approximate surface area is 159 Å². The molecule has 4 rings (SSSR count). The fraction of sp³-hybridized carbons (Fsp3) is 0.895. The Morgan fingerprint density at radius 3 is 2.33 bits per heavy atom. The molecule has 8 heteroatoms. The van der Waals surface area contributed by atoms with Gasteiger partial charge in [-0.3, -0.25) is 19.4 Å². The van der Waals surface area contributed by atoms with Crippen LogP contribution in [0.5, 0.6) is 0 Å². The molecule has 3 heterocycles. The number of alkyl halides is 2. The number of nitrogens with zero attached hydrogens (tertiary/aromatic N) is 4. The first kappa shape index (κ1) is 19.1. The van der Waals surface area contributed by atoms with E-state index < -0.39 is 5.92 Å². The summed E-state index contributed by atoms with van der Waals surface area (Å²) in [5, 5.41) is 0. The number of carbonyl (C=O) groups is 2. The summed E-state index contributed by atoms with van der Waals surface area (Å²) in [5.74, 6) is -2.77. The standard InChI is InChI=1S/C19H30F2N4O2/c20-19(21)5-8-22(14-19)13-17(26)25-11-15(12-25)18(27)24-7-2-6-23(9-10-24)16-3-1-4-16/h15-16H,1-14H2. The van der Waals surface area contributed by atoms with Gasteiger partial charge in [0.05, 0.1) is 19.0 Å². The monoisotopic (exact) mass is 384 g/mol. The van der Waals surface area contributed by atoms with E-state index in [1.807, 2.05) is 4.90 Å². The van der Waals surface area contributed by atoms with Crippen LogP contribution >= 0.6 is 0 Å². The third kappa shape index (κ3) is 4.26. The molecule has 0 aromatic heterocycles. The maximum Gasteiger partial charge on any atom is 0.261 e. The van der Waals surface area contributed by atoms with Gasteiger partial charge in [0.15, 0.2) is 0 Å². The Morgan fingerprint density at radius 2 is 1.70 bits per heavy atom. The lowest BCUT2D eigenvalue weighted by Crippen LogP contribution is -2.58. The molecule has 6 nitrogen and oxygen atoms in total. The van der Waals surface area contributed by atoms with E-state index in [4.69, 9.17) is 0 Å². The Morgan fingerprint density at radius 1 is 0.926 bits per heavy atom. The predicted molar refractivity (Wildman–Crippen MR) is 96.5 cm³/mol. The quantitative estimate of drug-likeness (QED) is 0.722. The van der Waals surface area contributed by atoms with E-state index in [2.05, 4.69) is 4.90 Å². The Bertz CT molecular complexity index is 578. The van der Waals surface area contributed by atoms with Crippen LogP contribution in [-0.2, 0) is 9.59 Å². The minimum Gasteiger partial charge on any atom is -0.341 e. The maximum absolute atomic E-state index is 13.2. The van der Waals surface area contributed by atoms with Crippen LogP contribution in [0, 0.1) is 5.92 Å². The van der Waals surface area contributed by atoms with E-state index in [0.717, 1.165) is 38.6 Å². The highest BCUT2D eigenvalue weighted by Crippen LogP contribution is 2.28. The normalized spacial score (nSPS) is 27.9. The lowest BCUT2D eigenvalue weighted by atomic mass is 9.91. The van der Waals surface area contributed by atoms with E-state index in [1.54, 1.807) is 4.90 Å². The highest BCUT2D eigenvalue weighted by Gasteiger charge is 2.42. The van der Waals surface area contributed by atoms with Gasteiger partial charge < -0.3 is 9.80 Å². The maximum atomic E-state index is 13.2. The molecule has 3 saturated heterocycles. The zero-order valence-corrected chi connectivity index (χ0v) is 15.9. The zero-order chi connectivity index (χ0) is 19.0. The Hall–Kier alpha value is -1.28. The predicted octanol–water partition coefficient (Wildman–Crippen LogP) is 0.873. The average Bonchev–Trinajstić information content (AvgIpc) is 2.72. The summed E-state index contributed by atoms with van der Waals surface area (Å²) in [6, 6.07) is 0.717. The molecule has 0 N–H and O–H groups in total. The van der Waals surface area contributed by atoms with Gasteiger partial charge >= 0.3 is 0 Å². The molecular formula is C19H30F2N4O2. The fourth-order valence-electron chi connectivity index (χ4n) is 4.60. The van der Waals surface area contributed by atoms with Crippen molar-refractivity contribution in [2.45, 2.75) is 44.1 Å². The Kier molecular flexibility index (Phi) is 5.38. The van der Waals surface area contributed by atoms with Crippen LogP contribution in [0.15, 0.2) is 0 Å². The van der Waals surface area contributed by atoms with Gasteiger partial charge in [-0.25, -0.2) is 8.78 Å². The van der Waals surface area contributed by atoms with Crippen molar-refractivity contribution < 1.29 is 18.4 Å². The molecule has 0 atom stereocenters. The topological polar surface area (TPSA) is 47.1 Å². The van der Waals surface area contributed by atoms with Crippen molar-refractivity contribution in [3.63, 3.8) is 0 Å². The second kappa shape index (κ2) is 7.62. The molecule has 1 saturated carbocycles. The average molecular weight is 384 g/mol. The number of carbonyl (C=O) groups excluding carboxylic acids is 2. The molecule has 27 heavy (non-hydrogen) atoms. The summed E-state index contributed by atoms with van der Waals surface area (Å²) >= 11 is 0. The molecule has 2 amide bonds. The fourth-order valence-corrected chi connectivity index (χ4v) is 4.60. The number of hydrogen-bond acceptors (Lipinski definition) is 4. The lowest BCUT2D eigenvalue weighted by Gasteiger charge is -2.41. The SMILES string of the molecule is O=C(CN1CCC(F)(F)C1)N1CC(C(=O)N2CCCN(C3CCC3)CC2)C1. The third-order valence-corrected chi connectivity index (χ3v) is 6.62. The van der Waals surface area contributed by atoms with Gasteiger partial charge in [-0.1, -0.05) is 6.42 Å². The van der Waals surface area contributed by atoms with Crippen molar-refractivity contribution in [1.29, 1.82) is 0 Å². The third-order valence-electron chi connectivity index (χ3n) is 6.62. The zero-order valence-electron chi connectivity index (χ0n) is 15.9. The van der Waals surface area contributed by atoms with E-state index in [-0.39, 0.29) is 43.8 Å². The molecule has 4 fully saturated rings. The number of hydrogen-bond donors (Lipinski definition) is 0. The second-order valence-electron chi connectivity index (χ2n) is 8.61. The molecule has 152 valence electrons. The van der Waals surface area contributed by atoms with Crippen molar-refractivity contribution in [2.75, 3.05) is 58.9 Å². The van der Waals surface area contributed by atoms with E-state index in [1.165, 1.54) is 24.2 Å². The van der Waals surface area contributed by atoms with E-state index >= 15 is 0 Å². The van der Waals surface area contributed by atoms with Crippen LogP contribution < -0.4 is 0 Å². The number of rotatable bonds is 4. The first-order valence-corrected chi connectivity index (χ1v) is 10.3. The van der Waals surface area contributed by atoms with E-state index in [0.29, 0.717) is 13.1 Å². The van der Waals surface area contributed by atoms with Crippen molar-refractivity contribution in [2.24, 2.45) is 5.92 Å². The molecule has 0 aromatic carbocycles. The highest BCUT2D eigenvalue weighted by atomic mass is 19.3. The molecule has 0 bridgehead atoms. The smallest absolute Gasteiger partial charge is 0.261 e. The summed E-state index contributed by atoms with van der Waals surface area (Å²) in [6.07, 6.45) is 4.74. The van der Waals surface area contributed by atoms with Crippen LogP contribution in [-0.4, -0.2) is 102 Å². The van der Waals surface area contributed by atoms with Crippen LogP contribution in [0.25, 0.3) is 0 Å². The van der Waals surface area contributed by atoms with Gasteiger partial charge in [0, 0.05) is 58.3 Å². The summed E-state index contributed by atoms with van der Waals surface area (Å²) in [5.41, 5.74) is 0. The van der Waals surface area contributed by atoms with Crippen LogP contribution in [0.3, 0.4) is 0 Å². The molecular weight excluding hydrogens is 354 g/mol. The first-order chi connectivity index (χ1) is 12.9. The van der Waals surface area contributed by atoms with Crippen LogP contribution in [0.2, 0.25) is 0 Å². The summed E-state index contributed by atoms with van der Waals surface area (Å²) in [4.78, 5) is 32.7. The molecule has 4 aliphatic rings. The van der Waals surface area contributed by atoms with Gasteiger partial charge in [-0.05, 0) is 19.3 Å². The lowest BCUT2D eigenvalue weighted by molar-refractivity contribution is -0.149. The molecule has 0 aromatic rings. The van der Waals surface area contributed by atoms with Crippen molar-refractivity contribution in [3.8, 4) is 0 Å². The minimum atomic E-state index is -2.67. The molecule has 3 aliphatic heterocycles. The summed E-state index contributed by atoms with van der Waals surface area (Å²) < 4.78 is 26.5. The molecule has 0 spiro atoms. The first-order valence-electron chi connectivity index (χ1n) is 10.3. The van der Waals surface area contributed by atoms with Crippen molar-refractivity contribution in [1.82, 2.24) is 19.6 Å². The number of likely N-dealkylation sites (tertiary alicyclic amines) is 2. The summed E-state index contributed by atoms with van der Waals surface area (Å²) in [6.45, 7) is 4.45. The van der Waals surface area contributed by atoms with Crippen molar-refractivity contribution >= 4 is 11.8 Å². The number of amides is 2. The molecule has 0 radical (unpaired) electrons. The van der Waals surface area contributed by atoms with Crippen LogP contribution in [0.4, 0.5) is 8.78 Å². The Balaban J connectivity index is 1.19. The highest BCUT2D eigenvalue weighted by molar-refractivity contribution is 5.85. The van der Waals surface area contributed by atoms with Gasteiger partial charge in [-0.2, -0.15) is 0 Å². The van der Waals surface area contributed by atoms with Gasteiger partial charge in [0.25, 0.3) is 5.92 Å². The van der Waals surface area contributed by atoms with Crippen LogP contribution in [0.1, 0.15) is 32.1 Å². The molecule has 1 aliphatic carbocycles. The summed E-state index contributed by atoms with van der Waals surface area (Å²) in [7, 11) is 0. The largest absolute Gasteiger partial charge is 0.341 e.